The van der Waals surface area contributed by atoms with Crippen LogP contribution in [0.3, 0.4) is 0 Å². The average molecular weight is 302 g/mol. The van der Waals surface area contributed by atoms with Gasteiger partial charge < -0.3 is 5.32 Å². The number of amides is 1. The molecule has 0 atom stereocenters. The summed E-state index contributed by atoms with van der Waals surface area (Å²) in [4.78, 5) is 12.1. The lowest BCUT2D eigenvalue weighted by Gasteiger charge is -2.27. The van der Waals surface area contributed by atoms with E-state index in [2.05, 4.69) is 5.32 Å². The molecule has 0 spiro atoms. The number of benzene rings is 2. The number of aryl methyl sites for hydroxylation is 1. The van der Waals surface area contributed by atoms with Crippen LogP contribution in [0.1, 0.15) is 31.4 Å². The van der Waals surface area contributed by atoms with Gasteiger partial charge in [-0.05, 0) is 43.5 Å². The van der Waals surface area contributed by atoms with Gasteiger partial charge in [-0.3, -0.25) is 4.79 Å². The molecule has 2 nitrogen and oxygen atoms in total. The number of nitrogens with one attached hydrogen (secondary N) is 1. The van der Waals surface area contributed by atoms with Gasteiger partial charge in [0.2, 0.25) is 5.91 Å². The Labute approximate surface area is 131 Å². The van der Waals surface area contributed by atoms with E-state index >= 15 is 0 Å². The minimum atomic E-state index is -0.432. The second-order valence-electron chi connectivity index (χ2n) is 5.67. The van der Waals surface area contributed by atoms with Gasteiger partial charge in [0, 0.05) is 11.4 Å². The van der Waals surface area contributed by atoms with Crippen molar-refractivity contribution < 1.29 is 4.79 Å². The third-order valence-corrected chi connectivity index (χ3v) is 3.72. The molecule has 2 aromatic carbocycles. The first kappa shape index (κ1) is 15.6. The predicted molar refractivity (Wildman–Crippen MR) is 87.4 cm³/mol. The Balaban J connectivity index is 1.95. The smallest absolute Gasteiger partial charge is 0.221 e. The summed E-state index contributed by atoms with van der Waals surface area (Å²) in [6.07, 6.45) is 1.23. The molecule has 110 valence electrons. The van der Waals surface area contributed by atoms with Crippen LogP contribution in [0.2, 0.25) is 5.02 Å². The zero-order valence-electron chi connectivity index (χ0n) is 12.4. The molecule has 0 aliphatic rings. The molecule has 21 heavy (non-hydrogen) atoms. The molecule has 0 fully saturated rings. The van der Waals surface area contributed by atoms with Crippen molar-refractivity contribution in [3.63, 3.8) is 0 Å². The molecule has 0 unspecified atom stereocenters. The van der Waals surface area contributed by atoms with Crippen molar-refractivity contribution in [2.24, 2.45) is 0 Å². The lowest BCUT2D eigenvalue weighted by atomic mass is 9.94. The molecule has 0 saturated heterocycles. The van der Waals surface area contributed by atoms with E-state index in [-0.39, 0.29) is 5.91 Å². The number of rotatable bonds is 5. The van der Waals surface area contributed by atoms with Gasteiger partial charge in [-0.2, -0.15) is 0 Å². The van der Waals surface area contributed by atoms with Crippen molar-refractivity contribution in [2.75, 3.05) is 0 Å². The number of hydrogen-bond acceptors (Lipinski definition) is 1. The van der Waals surface area contributed by atoms with Gasteiger partial charge in [0.1, 0.15) is 0 Å². The first-order chi connectivity index (χ1) is 9.97. The first-order valence-electron chi connectivity index (χ1n) is 7.08. The van der Waals surface area contributed by atoms with Crippen molar-refractivity contribution in [1.82, 2.24) is 5.32 Å². The topological polar surface area (TPSA) is 29.1 Å². The molecule has 0 aliphatic carbocycles. The van der Waals surface area contributed by atoms with E-state index in [0.29, 0.717) is 11.4 Å². The Morgan fingerprint density at radius 1 is 1.10 bits per heavy atom. The summed E-state index contributed by atoms with van der Waals surface area (Å²) in [6, 6.07) is 17.6. The summed E-state index contributed by atoms with van der Waals surface area (Å²) < 4.78 is 0. The Morgan fingerprint density at radius 3 is 2.48 bits per heavy atom. The number of hydrogen-bond donors (Lipinski definition) is 1. The largest absolute Gasteiger partial charge is 0.347 e. The Kier molecular flexibility index (Phi) is 5.03. The molecule has 1 N–H and O–H groups in total. The number of halogens is 1. The Bertz CT molecular complexity index is 608. The average Bonchev–Trinajstić information content (AvgIpc) is 2.46. The first-order valence-corrected chi connectivity index (χ1v) is 7.46. The van der Waals surface area contributed by atoms with Crippen LogP contribution in [-0.2, 0) is 16.8 Å². The minimum absolute atomic E-state index is 0.0452. The molecule has 3 heteroatoms. The maximum absolute atomic E-state index is 12.1. The van der Waals surface area contributed by atoms with Crippen LogP contribution in [-0.4, -0.2) is 5.91 Å². The second-order valence-corrected chi connectivity index (χ2v) is 6.11. The SMILES string of the molecule is CC(C)(NC(=O)CCc1ccccc1)c1cccc(Cl)c1. The van der Waals surface area contributed by atoms with Crippen molar-refractivity contribution >= 4 is 17.5 Å². The van der Waals surface area contributed by atoms with Gasteiger partial charge in [0.15, 0.2) is 0 Å². The highest BCUT2D eigenvalue weighted by molar-refractivity contribution is 6.30. The Hall–Kier alpha value is -1.80. The van der Waals surface area contributed by atoms with Crippen LogP contribution >= 0.6 is 11.6 Å². The van der Waals surface area contributed by atoms with Gasteiger partial charge in [-0.1, -0.05) is 54.1 Å². The molecule has 0 bridgehead atoms. The molecule has 0 saturated carbocycles. The molecule has 2 aromatic rings. The summed E-state index contributed by atoms with van der Waals surface area (Å²) >= 11 is 6.02. The fourth-order valence-electron chi connectivity index (χ4n) is 2.26. The van der Waals surface area contributed by atoms with Crippen LogP contribution in [0.4, 0.5) is 0 Å². The van der Waals surface area contributed by atoms with Crippen LogP contribution in [0, 0.1) is 0 Å². The van der Waals surface area contributed by atoms with E-state index < -0.39 is 5.54 Å². The normalized spacial score (nSPS) is 11.2. The molecule has 0 aliphatic heterocycles. The molecule has 0 heterocycles. The molecular formula is C18H20ClNO. The third kappa shape index (κ3) is 4.61. The quantitative estimate of drug-likeness (QED) is 0.875. The number of carbonyl (C=O) groups excluding carboxylic acids is 1. The van der Waals surface area contributed by atoms with E-state index in [9.17, 15) is 4.79 Å². The fraction of sp³-hybridized carbons (Fsp3) is 0.278. The lowest BCUT2D eigenvalue weighted by Crippen LogP contribution is -2.41. The minimum Gasteiger partial charge on any atom is -0.347 e. The highest BCUT2D eigenvalue weighted by Gasteiger charge is 2.22. The van der Waals surface area contributed by atoms with E-state index in [1.165, 1.54) is 5.56 Å². The summed E-state index contributed by atoms with van der Waals surface area (Å²) in [5.41, 5.74) is 1.75. The van der Waals surface area contributed by atoms with Gasteiger partial charge in [0.05, 0.1) is 5.54 Å². The van der Waals surface area contributed by atoms with Gasteiger partial charge in [0.25, 0.3) is 0 Å². The highest BCUT2D eigenvalue weighted by atomic mass is 35.5. The van der Waals surface area contributed by atoms with E-state index in [4.69, 9.17) is 11.6 Å². The molecular weight excluding hydrogens is 282 g/mol. The zero-order chi connectivity index (χ0) is 15.3. The Morgan fingerprint density at radius 2 is 1.81 bits per heavy atom. The van der Waals surface area contributed by atoms with E-state index in [1.54, 1.807) is 0 Å². The lowest BCUT2D eigenvalue weighted by molar-refractivity contribution is -0.122. The van der Waals surface area contributed by atoms with Gasteiger partial charge in [-0.15, -0.1) is 0 Å². The number of carbonyl (C=O) groups is 1. The maximum Gasteiger partial charge on any atom is 0.221 e. The van der Waals surface area contributed by atoms with Crippen LogP contribution in [0.15, 0.2) is 54.6 Å². The van der Waals surface area contributed by atoms with Gasteiger partial charge in [-0.25, -0.2) is 0 Å². The van der Waals surface area contributed by atoms with Crippen LogP contribution in [0.5, 0.6) is 0 Å². The van der Waals surface area contributed by atoms with E-state index in [1.807, 2.05) is 68.4 Å². The highest BCUT2D eigenvalue weighted by Crippen LogP contribution is 2.23. The zero-order valence-corrected chi connectivity index (χ0v) is 13.2. The summed E-state index contributed by atoms with van der Waals surface area (Å²) in [6.45, 7) is 3.97. The second kappa shape index (κ2) is 6.77. The van der Waals surface area contributed by atoms with Crippen molar-refractivity contribution in [1.29, 1.82) is 0 Å². The maximum atomic E-state index is 12.1. The monoisotopic (exact) mass is 301 g/mol. The summed E-state index contributed by atoms with van der Waals surface area (Å²) in [5, 5.41) is 3.75. The molecule has 0 radical (unpaired) electrons. The van der Waals surface area contributed by atoms with Crippen LogP contribution in [0.25, 0.3) is 0 Å². The summed E-state index contributed by atoms with van der Waals surface area (Å²) in [7, 11) is 0. The van der Waals surface area contributed by atoms with Crippen molar-refractivity contribution in [2.45, 2.75) is 32.2 Å². The van der Waals surface area contributed by atoms with Crippen molar-refractivity contribution in [3.8, 4) is 0 Å². The molecule has 0 aromatic heterocycles. The molecule has 1 amide bonds. The third-order valence-electron chi connectivity index (χ3n) is 3.48. The standard InChI is InChI=1S/C18H20ClNO/c1-18(2,15-9-6-10-16(19)13-15)20-17(21)12-11-14-7-4-3-5-8-14/h3-10,13H,11-12H2,1-2H3,(H,20,21). The van der Waals surface area contributed by atoms with Crippen LogP contribution < -0.4 is 5.32 Å². The fourth-order valence-corrected chi connectivity index (χ4v) is 2.45. The summed E-state index contributed by atoms with van der Waals surface area (Å²) in [5.74, 6) is 0.0452. The van der Waals surface area contributed by atoms with Gasteiger partial charge >= 0.3 is 0 Å². The predicted octanol–water partition coefficient (Wildman–Crippen LogP) is 4.32. The van der Waals surface area contributed by atoms with Crippen molar-refractivity contribution in [3.05, 3.63) is 70.7 Å². The van der Waals surface area contributed by atoms with E-state index in [0.717, 1.165) is 12.0 Å². The molecule has 2 rings (SSSR count).